The van der Waals surface area contributed by atoms with E-state index in [9.17, 15) is 0 Å². The second-order valence-corrected chi connectivity index (χ2v) is 5.90. The molecule has 4 rings (SSSR count). The van der Waals surface area contributed by atoms with Gasteiger partial charge in [0.25, 0.3) is 0 Å². The van der Waals surface area contributed by atoms with Crippen LogP contribution in [-0.2, 0) is 0 Å². The summed E-state index contributed by atoms with van der Waals surface area (Å²) in [6, 6.07) is 14.3. The molecule has 1 fully saturated rings. The number of ether oxygens (including phenoxy) is 2. The van der Waals surface area contributed by atoms with Crippen LogP contribution in [0, 0.1) is 0 Å². The zero-order valence-corrected chi connectivity index (χ0v) is 13.7. The number of methoxy groups -OCH3 is 2. The molecule has 3 aromatic rings. The summed E-state index contributed by atoms with van der Waals surface area (Å²) < 4.78 is 10.8. The number of rotatable bonds is 5. The molecule has 1 heterocycles. The second-order valence-electron chi connectivity index (χ2n) is 5.90. The fraction of sp³-hybridized carbons (Fsp3) is 0.263. The van der Waals surface area contributed by atoms with Crippen molar-refractivity contribution >= 4 is 16.7 Å². The summed E-state index contributed by atoms with van der Waals surface area (Å²) in [5.74, 6) is 2.90. The van der Waals surface area contributed by atoms with Crippen molar-refractivity contribution < 1.29 is 9.47 Å². The van der Waals surface area contributed by atoms with Crippen LogP contribution >= 0.6 is 0 Å². The van der Waals surface area contributed by atoms with Crippen molar-refractivity contribution in [3.63, 3.8) is 0 Å². The molecule has 1 aromatic heterocycles. The molecule has 122 valence electrons. The van der Waals surface area contributed by atoms with E-state index >= 15 is 0 Å². The van der Waals surface area contributed by atoms with E-state index in [2.05, 4.69) is 5.32 Å². The van der Waals surface area contributed by atoms with Gasteiger partial charge in [-0.05, 0) is 18.9 Å². The molecule has 0 bridgehead atoms. The zero-order valence-electron chi connectivity index (χ0n) is 13.7. The first-order valence-electron chi connectivity index (χ1n) is 8.04. The topological polar surface area (TPSA) is 56.3 Å². The molecule has 5 heteroatoms. The lowest BCUT2D eigenvalue weighted by Gasteiger charge is -2.13. The molecular formula is C19H19N3O2. The van der Waals surface area contributed by atoms with Gasteiger partial charge in [0.2, 0.25) is 0 Å². The van der Waals surface area contributed by atoms with E-state index in [1.807, 2.05) is 42.5 Å². The highest BCUT2D eigenvalue weighted by atomic mass is 16.5. The van der Waals surface area contributed by atoms with Crippen molar-refractivity contribution in [1.29, 1.82) is 0 Å². The number of nitrogens with one attached hydrogen (secondary N) is 1. The highest BCUT2D eigenvalue weighted by Crippen LogP contribution is 2.36. The van der Waals surface area contributed by atoms with Crippen LogP contribution in [0.2, 0.25) is 0 Å². The normalized spacial score (nSPS) is 13.8. The Hall–Kier alpha value is -2.82. The first kappa shape index (κ1) is 14.8. The number of aromatic nitrogens is 2. The molecule has 0 unspecified atom stereocenters. The Bertz CT molecular complexity index is 877. The quantitative estimate of drug-likeness (QED) is 0.772. The lowest BCUT2D eigenvalue weighted by atomic mass is 10.1. The molecule has 0 atom stereocenters. The SMILES string of the molecule is COc1cc2nc(-c3ccccc3)nc(NC3CC3)c2cc1OC. The third-order valence-corrected chi connectivity index (χ3v) is 4.15. The van der Waals surface area contributed by atoms with Crippen LogP contribution in [0.3, 0.4) is 0 Å². The number of fused-ring (bicyclic) bond motifs is 1. The Morgan fingerprint density at radius 1 is 0.958 bits per heavy atom. The number of anilines is 1. The lowest BCUT2D eigenvalue weighted by Crippen LogP contribution is -2.06. The predicted octanol–water partition coefficient (Wildman–Crippen LogP) is 3.89. The third kappa shape index (κ3) is 2.73. The monoisotopic (exact) mass is 321 g/mol. The largest absolute Gasteiger partial charge is 0.493 e. The first-order chi connectivity index (χ1) is 11.8. The van der Waals surface area contributed by atoms with E-state index in [1.165, 1.54) is 12.8 Å². The maximum atomic E-state index is 5.43. The Morgan fingerprint density at radius 3 is 2.33 bits per heavy atom. The average molecular weight is 321 g/mol. The summed E-state index contributed by atoms with van der Waals surface area (Å²) in [4.78, 5) is 9.49. The van der Waals surface area contributed by atoms with E-state index in [4.69, 9.17) is 19.4 Å². The highest BCUT2D eigenvalue weighted by Gasteiger charge is 2.23. The van der Waals surface area contributed by atoms with Gasteiger partial charge in [-0.25, -0.2) is 9.97 Å². The van der Waals surface area contributed by atoms with Crippen LogP contribution in [0.15, 0.2) is 42.5 Å². The van der Waals surface area contributed by atoms with Gasteiger partial charge in [0.15, 0.2) is 17.3 Å². The average Bonchev–Trinajstić information content (AvgIpc) is 3.45. The minimum atomic E-state index is 0.500. The number of hydrogen-bond acceptors (Lipinski definition) is 5. The van der Waals surface area contributed by atoms with E-state index in [0.29, 0.717) is 23.4 Å². The zero-order chi connectivity index (χ0) is 16.5. The number of hydrogen-bond donors (Lipinski definition) is 1. The second kappa shape index (κ2) is 6.00. The molecule has 1 aliphatic rings. The summed E-state index contributed by atoms with van der Waals surface area (Å²) in [5.41, 5.74) is 1.83. The summed E-state index contributed by atoms with van der Waals surface area (Å²) in [7, 11) is 3.27. The van der Waals surface area contributed by atoms with Gasteiger partial charge in [0.1, 0.15) is 5.82 Å². The van der Waals surface area contributed by atoms with Crippen molar-refractivity contribution in [2.24, 2.45) is 0 Å². The molecule has 5 nitrogen and oxygen atoms in total. The van der Waals surface area contributed by atoms with E-state index in [-0.39, 0.29) is 0 Å². The highest BCUT2D eigenvalue weighted by molar-refractivity contribution is 5.93. The van der Waals surface area contributed by atoms with Crippen LogP contribution in [0.4, 0.5) is 5.82 Å². The Kier molecular flexibility index (Phi) is 3.69. The van der Waals surface area contributed by atoms with Gasteiger partial charge in [0.05, 0.1) is 19.7 Å². The van der Waals surface area contributed by atoms with Gasteiger partial charge >= 0.3 is 0 Å². The standard InChI is InChI=1S/C19H19N3O2/c1-23-16-10-14-15(11-17(16)24-2)21-18(12-6-4-3-5-7-12)22-19(14)20-13-8-9-13/h3-7,10-11,13H,8-9H2,1-2H3,(H,20,21,22). The van der Waals surface area contributed by atoms with Crippen molar-refractivity contribution in [2.75, 3.05) is 19.5 Å². The maximum Gasteiger partial charge on any atom is 0.162 e. The third-order valence-electron chi connectivity index (χ3n) is 4.15. The van der Waals surface area contributed by atoms with Gasteiger partial charge in [-0.1, -0.05) is 30.3 Å². The van der Waals surface area contributed by atoms with Crippen LogP contribution in [-0.4, -0.2) is 30.2 Å². The van der Waals surface area contributed by atoms with Gasteiger partial charge in [-0.2, -0.15) is 0 Å². The summed E-state index contributed by atoms with van der Waals surface area (Å²) in [6.07, 6.45) is 2.36. The number of benzene rings is 2. The predicted molar refractivity (Wildman–Crippen MR) is 94.7 cm³/mol. The fourth-order valence-corrected chi connectivity index (χ4v) is 2.70. The molecule has 1 N–H and O–H groups in total. The van der Waals surface area contributed by atoms with E-state index < -0.39 is 0 Å². The van der Waals surface area contributed by atoms with Crippen molar-refractivity contribution in [1.82, 2.24) is 9.97 Å². The summed E-state index contributed by atoms with van der Waals surface area (Å²) in [5, 5.41) is 4.45. The molecular weight excluding hydrogens is 302 g/mol. The Morgan fingerprint density at radius 2 is 1.67 bits per heavy atom. The molecule has 2 aromatic carbocycles. The molecule has 0 radical (unpaired) electrons. The molecule has 0 aliphatic heterocycles. The number of nitrogens with zero attached hydrogens (tertiary/aromatic N) is 2. The molecule has 24 heavy (non-hydrogen) atoms. The van der Waals surface area contributed by atoms with Crippen molar-refractivity contribution in [3.05, 3.63) is 42.5 Å². The maximum absolute atomic E-state index is 5.43. The van der Waals surface area contributed by atoms with E-state index in [1.54, 1.807) is 14.2 Å². The molecule has 0 spiro atoms. The van der Waals surface area contributed by atoms with Gasteiger partial charge in [-0.15, -0.1) is 0 Å². The Labute approximate surface area is 140 Å². The summed E-state index contributed by atoms with van der Waals surface area (Å²) in [6.45, 7) is 0. The first-order valence-corrected chi connectivity index (χ1v) is 8.04. The van der Waals surface area contributed by atoms with Gasteiger partial charge in [-0.3, -0.25) is 0 Å². The van der Waals surface area contributed by atoms with Gasteiger partial charge < -0.3 is 14.8 Å². The summed E-state index contributed by atoms with van der Waals surface area (Å²) >= 11 is 0. The van der Waals surface area contributed by atoms with Crippen LogP contribution in [0.1, 0.15) is 12.8 Å². The molecule has 0 saturated heterocycles. The molecule has 0 amide bonds. The van der Waals surface area contributed by atoms with Crippen LogP contribution in [0.5, 0.6) is 11.5 Å². The van der Waals surface area contributed by atoms with Gasteiger partial charge in [0, 0.05) is 23.1 Å². The lowest BCUT2D eigenvalue weighted by molar-refractivity contribution is 0.356. The van der Waals surface area contributed by atoms with Crippen LogP contribution < -0.4 is 14.8 Å². The van der Waals surface area contributed by atoms with Crippen molar-refractivity contribution in [3.8, 4) is 22.9 Å². The minimum absolute atomic E-state index is 0.500. The molecule has 1 saturated carbocycles. The van der Waals surface area contributed by atoms with E-state index in [0.717, 1.165) is 22.3 Å². The van der Waals surface area contributed by atoms with Crippen LogP contribution in [0.25, 0.3) is 22.3 Å². The minimum Gasteiger partial charge on any atom is -0.493 e. The smallest absolute Gasteiger partial charge is 0.162 e. The molecule has 1 aliphatic carbocycles. The fourth-order valence-electron chi connectivity index (χ4n) is 2.70. The Balaban J connectivity index is 1.92. The van der Waals surface area contributed by atoms with Crippen molar-refractivity contribution in [2.45, 2.75) is 18.9 Å².